The summed E-state index contributed by atoms with van der Waals surface area (Å²) in [6, 6.07) is 6.59. The minimum Gasteiger partial charge on any atom is -0.464 e. The van der Waals surface area contributed by atoms with Crippen LogP contribution in [0.1, 0.15) is 0 Å². The van der Waals surface area contributed by atoms with Crippen molar-refractivity contribution in [3.8, 4) is 0 Å². The molecule has 2 aromatic rings. The van der Waals surface area contributed by atoms with E-state index in [1.54, 1.807) is 24.3 Å². The van der Waals surface area contributed by atoms with Crippen molar-refractivity contribution < 1.29 is 27.2 Å². The molecule has 0 saturated heterocycles. The average molecular weight is 300 g/mol. The van der Waals surface area contributed by atoms with Crippen LogP contribution in [-0.2, 0) is 9.59 Å². The maximum Gasteiger partial charge on any atom is 0.471 e. The Kier molecular flexibility index (Phi) is 3.88. The molecule has 0 radical (unpaired) electrons. The van der Waals surface area contributed by atoms with E-state index < -0.39 is 24.5 Å². The number of amides is 2. The number of nitrogens with one attached hydrogen (secondary N) is 1. The summed E-state index contributed by atoms with van der Waals surface area (Å²) >= 11 is 0. The monoisotopic (exact) mass is 300 g/mol. The van der Waals surface area contributed by atoms with Crippen LogP contribution in [0.15, 0.2) is 34.9 Å². The summed E-state index contributed by atoms with van der Waals surface area (Å²) in [5.41, 5.74) is 1.11. The summed E-state index contributed by atoms with van der Waals surface area (Å²) in [4.78, 5) is 23.6. The molecule has 0 saturated carbocycles. The van der Waals surface area contributed by atoms with Gasteiger partial charge in [0.25, 0.3) is 0 Å². The smallest absolute Gasteiger partial charge is 0.464 e. The van der Waals surface area contributed by atoms with Crippen LogP contribution in [0.3, 0.4) is 0 Å². The van der Waals surface area contributed by atoms with Crippen LogP contribution in [-0.4, -0.2) is 31.6 Å². The fraction of sp³-hybridized carbons (Fsp3) is 0.231. The summed E-state index contributed by atoms with van der Waals surface area (Å²) in [6.07, 6.45) is -3.52. The molecular formula is C13H11F3N2O3. The zero-order valence-electron chi connectivity index (χ0n) is 10.9. The van der Waals surface area contributed by atoms with Crippen LogP contribution in [0.5, 0.6) is 0 Å². The third-order valence-corrected chi connectivity index (χ3v) is 2.86. The standard InChI is InChI=1S/C13H11F3N2O3/c1-18(11(19)7-17-12(20)13(14,15)16)9-2-3-10-8(6-9)4-5-21-10/h2-6H,7H2,1H3,(H,17,20). The average Bonchev–Trinajstić information content (AvgIpc) is 2.89. The quantitative estimate of drug-likeness (QED) is 0.944. The number of carbonyl (C=O) groups excluding carboxylic acids is 2. The van der Waals surface area contributed by atoms with Gasteiger partial charge in [-0.05, 0) is 24.3 Å². The third-order valence-electron chi connectivity index (χ3n) is 2.86. The van der Waals surface area contributed by atoms with Gasteiger partial charge < -0.3 is 14.6 Å². The normalized spacial score (nSPS) is 11.4. The number of hydrogen-bond donors (Lipinski definition) is 1. The predicted molar refractivity (Wildman–Crippen MR) is 68.7 cm³/mol. The molecule has 1 heterocycles. The van der Waals surface area contributed by atoms with Gasteiger partial charge in [-0.3, -0.25) is 9.59 Å². The van der Waals surface area contributed by atoms with Crippen LogP contribution >= 0.6 is 0 Å². The van der Waals surface area contributed by atoms with E-state index in [0.29, 0.717) is 11.3 Å². The van der Waals surface area contributed by atoms with Crippen molar-refractivity contribution in [1.82, 2.24) is 5.32 Å². The number of carbonyl (C=O) groups is 2. The second-order valence-corrected chi connectivity index (χ2v) is 4.28. The molecule has 0 aliphatic rings. The molecule has 0 fully saturated rings. The summed E-state index contributed by atoms with van der Waals surface area (Å²) in [5, 5.41) is 2.29. The van der Waals surface area contributed by atoms with Crippen molar-refractivity contribution >= 4 is 28.5 Å². The number of alkyl halides is 3. The Morgan fingerprint density at radius 3 is 2.67 bits per heavy atom. The number of anilines is 1. The molecule has 0 spiro atoms. The van der Waals surface area contributed by atoms with Gasteiger partial charge in [0.1, 0.15) is 5.58 Å². The van der Waals surface area contributed by atoms with Crippen LogP contribution in [0.2, 0.25) is 0 Å². The van der Waals surface area contributed by atoms with Gasteiger partial charge in [0, 0.05) is 18.1 Å². The lowest BCUT2D eigenvalue weighted by Crippen LogP contribution is -2.43. The molecule has 0 bridgehead atoms. The molecule has 0 aliphatic heterocycles. The number of halogens is 3. The van der Waals surface area contributed by atoms with E-state index in [9.17, 15) is 22.8 Å². The minimum absolute atomic E-state index is 0.482. The van der Waals surface area contributed by atoms with E-state index in [1.807, 2.05) is 0 Å². The van der Waals surface area contributed by atoms with Crippen molar-refractivity contribution in [2.75, 3.05) is 18.5 Å². The number of furan rings is 1. The van der Waals surface area contributed by atoms with Gasteiger partial charge in [-0.2, -0.15) is 13.2 Å². The van der Waals surface area contributed by atoms with Crippen molar-refractivity contribution in [2.24, 2.45) is 0 Å². The van der Waals surface area contributed by atoms with Crippen molar-refractivity contribution in [2.45, 2.75) is 6.18 Å². The van der Waals surface area contributed by atoms with Gasteiger partial charge in [-0.25, -0.2) is 0 Å². The van der Waals surface area contributed by atoms with E-state index >= 15 is 0 Å². The molecule has 8 heteroatoms. The molecular weight excluding hydrogens is 289 g/mol. The molecule has 1 aromatic carbocycles. The largest absolute Gasteiger partial charge is 0.471 e. The zero-order chi connectivity index (χ0) is 15.6. The second kappa shape index (κ2) is 5.47. The Morgan fingerprint density at radius 1 is 1.29 bits per heavy atom. The van der Waals surface area contributed by atoms with Crippen LogP contribution in [0, 0.1) is 0 Å². The first kappa shape index (κ1) is 14.9. The Balaban J connectivity index is 2.03. The van der Waals surface area contributed by atoms with Gasteiger partial charge >= 0.3 is 12.1 Å². The first-order chi connectivity index (χ1) is 9.79. The number of nitrogens with zero attached hydrogens (tertiary/aromatic N) is 1. The van der Waals surface area contributed by atoms with E-state index in [1.165, 1.54) is 18.6 Å². The van der Waals surface area contributed by atoms with Gasteiger partial charge in [0.15, 0.2) is 0 Å². The Labute approximate surface area is 117 Å². The molecule has 112 valence electrons. The van der Waals surface area contributed by atoms with Gasteiger partial charge in [0.2, 0.25) is 5.91 Å². The summed E-state index contributed by atoms with van der Waals surface area (Å²) in [5.74, 6) is -2.81. The fourth-order valence-electron chi connectivity index (χ4n) is 1.68. The van der Waals surface area contributed by atoms with Crippen molar-refractivity contribution in [1.29, 1.82) is 0 Å². The highest BCUT2D eigenvalue weighted by Crippen LogP contribution is 2.22. The summed E-state index contributed by atoms with van der Waals surface area (Å²) in [7, 11) is 1.41. The lowest BCUT2D eigenvalue weighted by Gasteiger charge is -2.18. The van der Waals surface area contributed by atoms with Crippen LogP contribution < -0.4 is 10.2 Å². The number of fused-ring (bicyclic) bond motifs is 1. The summed E-state index contributed by atoms with van der Waals surface area (Å²) in [6.45, 7) is -0.738. The highest BCUT2D eigenvalue weighted by Gasteiger charge is 2.38. The van der Waals surface area contributed by atoms with Crippen molar-refractivity contribution in [3.63, 3.8) is 0 Å². The molecule has 2 amide bonds. The Hall–Kier alpha value is -2.51. The first-order valence-corrected chi connectivity index (χ1v) is 5.88. The SMILES string of the molecule is CN(C(=O)CNC(=O)C(F)(F)F)c1ccc2occc2c1. The lowest BCUT2D eigenvalue weighted by atomic mass is 10.2. The van der Waals surface area contributed by atoms with E-state index in [0.717, 1.165) is 10.3 Å². The van der Waals surface area contributed by atoms with Gasteiger partial charge in [-0.15, -0.1) is 0 Å². The maximum absolute atomic E-state index is 12.0. The fourth-order valence-corrected chi connectivity index (χ4v) is 1.68. The topological polar surface area (TPSA) is 62.6 Å². The molecule has 0 aliphatic carbocycles. The van der Waals surface area contributed by atoms with Gasteiger partial charge in [-0.1, -0.05) is 0 Å². The highest BCUT2D eigenvalue weighted by atomic mass is 19.4. The first-order valence-electron chi connectivity index (χ1n) is 5.88. The summed E-state index contributed by atoms with van der Waals surface area (Å²) < 4.78 is 41.2. The lowest BCUT2D eigenvalue weighted by molar-refractivity contribution is -0.173. The molecule has 1 aromatic heterocycles. The minimum atomic E-state index is -5.01. The predicted octanol–water partition coefficient (Wildman–Crippen LogP) is 2.07. The molecule has 0 unspecified atom stereocenters. The third kappa shape index (κ3) is 3.33. The molecule has 5 nitrogen and oxygen atoms in total. The van der Waals surface area contributed by atoms with E-state index in [2.05, 4.69) is 0 Å². The molecule has 0 atom stereocenters. The number of rotatable bonds is 3. The zero-order valence-corrected chi connectivity index (χ0v) is 10.9. The number of benzene rings is 1. The van der Waals surface area contributed by atoms with Crippen LogP contribution in [0.25, 0.3) is 11.0 Å². The number of likely N-dealkylation sites (N-methyl/N-ethyl adjacent to an activating group) is 1. The molecule has 21 heavy (non-hydrogen) atoms. The second-order valence-electron chi connectivity index (χ2n) is 4.28. The van der Waals surface area contributed by atoms with Gasteiger partial charge in [0.05, 0.1) is 12.8 Å². The number of hydrogen-bond acceptors (Lipinski definition) is 3. The van der Waals surface area contributed by atoms with E-state index in [4.69, 9.17) is 4.42 Å². The maximum atomic E-state index is 12.0. The van der Waals surface area contributed by atoms with Crippen molar-refractivity contribution in [3.05, 3.63) is 30.5 Å². The Bertz CT molecular complexity index is 679. The highest BCUT2D eigenvalue weighted by molar-refractivity contribution is 5.98. The molecule has 2 rings (SSSR count). The molecule has 1 N–H and O–H groups in total. The van der Waals surface area contributed by atoms with E-state index in [-0.39, 0.29) is 0 Å². The Morgan fingerprint density at radius 2 is 2.00 bits per heavy atom. The van der Waals surface area contributed by atoms with Crippen LogP contribution in [0.4, 0.5) is 18.9 Å².